The first kappa shape index (κ1) is 20.1. The predicted molar refractivity (Wildman–Crippen MR) is 104 cm³/mol. The topological polar surface area (TPSA) is 84.5 Å². The Kier molecular flexibility index (Phi) is 6.50. The van der Waals surface area contributed by atoms with E-state index in [0.717, 1.165) is 11.8 Å². The number of nitrogens with one attached hydrogen (secondary N) is 2. The van der Waals surface area contributed by atoms with Gasteiger partial charge in [0.25, 0.3) is 5.91 Å². The van der Waals surface area contributed by atoms with Crippen molar-refractivity contribution in [2.45, 2.75) is 13.8 Å². The van der Waals surface area contributed by atoms with Crippen LogP contribution in [0.2, 0.25) is 5.02 Å². The van der Waals surface area contributed by atoms with Crippen molar-refractivity contribution in [1.82, 2.24) is 5.32 Å². The summed E-state index contributed by atoms with van der Waals surface area (Å²) in [6.45, 7) is 4.27. The maximum Gasteiger partial charge on any atom is 0.251 e. The molecule has 26 heavy (non-hydrogen) atoms. The number of hydrogen-bond acceptors (Lipinski definition) is 4. The molecule has 0 atom stereocenters. The Hall–Kier alpha value is -2.25. The molecule has 6 nitrogen and oxygen atoms in total. The number of sulfonamides is 1. The lowest BCUT2D eigenvalue weighted by Gasteiger charge is -2.11. The van der Waals surface area contributed by atoms with E-state index < -0.39 is 10.0 Å². The van der Waals surface area contributed by atoms with Gasteiger partial charge in [-0.15, -0.1) is 0 Å². The first-order valence-corrected chi connectivity index (χ1v) is 10.2. The first-order chi connectivity index (χ1) is 12.2. The highest BCUT2D eigenvalue weighted by Gasteiger charge is 2.10. The molecule has 2 rings (SSSR count). The molecule has 8 heteroatoms. The molecule has 0 saturated heterocycles. The highest BCUT2D eigenvalue weighted by atomic mass is 35.5. The van der Waals surface area contributed by atoms with E-state index >= 15 is 0 Å². The van der Waals surface area contributed by atoms with E-state index in [4.69, 9.17) is 16.3 Å². The van der Waals surface area contributed by atoms with Gasteiger partial charge in [0, 0.05) is 10.6 Å². The molecular weight excluding hydrogens is 376 g/mol. The van der Waals surface area contributed by atoms with E-state index in [2.05, 4.69) is 10.0 Å². The van der Waals surface area contributed by atoms with Crippen molar-refractivity contribution in [2.75, 3.05) is 24.1 Å². The van der Waals surface area contributed by atoms with Crippen molar-refractivity contribution < 1.29 is 17.9 Å². The average molecular weight is 397 g/mol. The zero-order valence-corrected chi connectivity index (χ0v) is 16.4. The number of rotatable bonds is 7. The lowest BCUT2D eigenvalue weighted by molar-refractivity contribution is 0.0947. The van der Waals surface area contributed by atoms with Gasteiger partial charge in [-0.3, -0.25) is 9.52 Å². The van der Waals surface area contributed by atoms with Crippen molar-refractivity contribution >= 4 is 33.2 Å². The van der Waals surface area contributed by atoms with E-state index in [0.29, 0.717) is 40.7 Å². The van der Waals surface area contributed by atoms with Crippen molar-refractivity contribution in [3.8, 4) is 5.75 Å². The second kappa shape index (κ2) is 8.42. The van der Waals surface area contributed by atoms with Crippen molar-refractivity contribution in [1.29, 1.82) is 0 Å². The summed E-state index contributed by atoms with van der Waals surface area (Å²) < 4.78 is 30.5. The van der Waals surface area contributed by atoms with E-state index in [9.17, 15) is 13.2 Å². The Morgan fingerprint density at radius 2 is 1.85 bits per heavy atom. The molecule has 0 bridgehead atoms. The van der Waals surface area contributed by atoms with Gasteiger partial charge in [0.2, 0.25) is 10.0 Å². The number of carbonyl (C=O) groups excluding carboxylic acids is 1. The maximum atomic E-state index is 12.2. The number of ether oxygens (including phenoxy) is 1. The standard InChI is InChI=1S/C18H21ClN2O4S/c1-12-4-6-15(11-16(12)19)25-9-8-20-18(22)14-5-7-17(13(2)10-14)21-26(3,23)24/h4-7,10-11,21H,8-9H2,1-3H3,(H,20,22). The summed E-state index contributed by atoms with van der Waals surface area (Å²) in [7, 11) is -3.36. The van der Waals surface area contributed by atoms with Crippen LogP contribution in [0.25, 0.3) is 0 Å². The summed E-state index contributed by atoms with van der Waals surface area (Å²) in [5, 5.41) is 3.38. The fourth-order valence-electron chi connectivity index (χ4n) is 2.22. The molecule has 0 spiro atoms. The number of aryl methyl sites for hydroxylation is 2. The number of anilines is 1. The molecule has 0 aliphatic heterocycles. The van der Waals surface area contributed by atoms with Gasteiger partial charge in [-0.25, -0.2) is 8.42 Å². The van der Waals surface area contributed by atoms with E-state index in [1.165, 1.54) is 0 Å². The van der Waals surface area contributed by atoms with Crippen LogP contribution in [-0.4, -0.2) is 33.7 Å². The van der Waals surface area contributed by atoms with Gasteiger partial charge in [-0.05, 0) is 55.3 Å². The summed E-state index contributed by atoms with van der Waals surface area (Å²) in [6.07, 6.45) is 1.08. The Balaban J connectivity index is 1.87. The van der Waals surface area contributed by atoms with Gasteiger partial charge in [0.1, 0.15) is 12.4 Å². The molecule has 0 heterocycles. The van der Waals surface area contributed by atoms with Crippen LogP contribution in [0.5, 0.6) is 5.75 Å². The van der Waals surface area contributed by atoms with Crippen LogP contribution in [0.15, 0.2) is 36.4 Å². The van der Waals surface area contributed by atoms with Crippen LogP contribution in [0.3, 0.4) is 0 Å². The second-order valence-electron chi connectivity index (χ2n) is 5.92. The number of benzene rings is 2. The second-order valence-corrected chi connectivity index (χ2v) is 8.07. The van der Waals surface area contributed by atoms with Crippen LogP contribution >= 0.6 is 11.6 Å². The maximum absolute atomic E-state index is 12.2. The highest BCUT2D eigenvalue weighted by molar-refractivity contribution is 7.92. The molecule has 0 unspecified atom stereocenters. The van der Waals surface area contributed by atoms with Crippen LogP contribution in [0.4, 0.5) is 5.69 Å². The number of halogens is 1. The summed E-state index contributed by atoms with van der Waals surface area (Å²) in [4.78, 5) is 12.2. The summed E-state index contributed by atoms with van der Waals surface area (Å²) in [5.74, 6) is 0.381. The van der Waals surface area contributed by atoms with Gasteiger partial charge in [0.05, 0.1) is 18.5 Å². The molecule has 0 aliphatic rings. The average Bonchev–Trinajstić information content (AvgIpc) is 2.55. The Labute approximate surface area is 158 Å². The Morgan fingerprint density at radius 3 is 2.46 bits per heavy atom. The van der Waals surface area contributed by atoms with Crippen LogP contribution in [0.1, 0.15) is 21.5 Å². The molecule has 140 valence electrons. The quantitative estimate of drug-likeness (QED) is 0.704. The molecule has 0 aromatic heterocycles. The highest BCUT2D eigenvalue weighted by Crippen LogP contribution is 2.21. The third-order valence-corrected chi connectivity index (χ3v) is 4.58. The SMILES string of the molecule is Cc1ccc(OCCNC(=O)c2ccc(NS(C)(=O)=O)c(C)c2)cc1Cl. The number of carbonyl (C=O) groups is 1. The van der Waals surface area contributed by atoms with E-state index in [-0.39, 0.29) is 5.91 Å². The fraction of sp³-hybridized carbons (Fsp3) is 0.278. The number of hydrogen-bond donors (Lipinski definition) is 2. The summed E-state index contributed by atoms with van der Waals surface area (Å²) in [5.41, 5.74) is 2.52. The van der Waals surface area contributed by atoms with Gasteiger partial charge in [0.15, 0.2) is 0 Å². The zero-order chi connectivity index (χ0) is 19.3. The van der Waals surface area contributed by atoms with Crippen LogP contribution < -0.4 is 14.8 Å². The molecule has 0 fully saturated rings. The minimum atomic E-state index is -3.36. The Bertz CT molecular complexity index is 913. The third kappa shape index (κ3) is 5.93. The van der Waals surface area contributed by atoms with Gasteiger partial charge >= 0.3 is 0 Å². The molecular formula is C18H21ClN2O4S. The minimum Gasteiger partial charge on any atom is -0.492 e. The Morgan fingerprint density at radius 1 is 1.12 bits per heavy atom. The van der Waals surface area contributed by atoms with E-state index in [1.807, 2.05) is 19.1 Å². The third-order valence-electron chi connectivity index (χ3n) is 3.58. The summed E-state index contributed by atoms with van der Waals surface area (Å²) >= 11 is 6.03. The van der Waals surface area contributed by atoms with Gasteiger partial charge in [-0.2, -0.15) is 0 Å². The fourth-order valence-corrected chi connectivity index (χ4v) is 3.02. The van der Waals surface area contributed by atoms with E-state index in [1.54, 1.807) is 31.2 Å². The van der Waals surface area contributed by atoms with Crippen molar-refractivity contribution in [3.63, 3.8) is 0 Å². The van der Waals surface area contributed by atoms with Crippen molar-refractivity contribution in [3.05, 3.63) is 58.1 Å². The molecule has 0 aliphatic carbocycles. The van der Waals surface area contributed by atoms with Gasteiger partial charge in [-0.1, -0.05) is 17.7 Å². The van der Waals surface area contributed by atoms with Crippen LogP contribution in [-0.2, 0) is 10.0 Å². The molecule has 1 amide bonds. The largest absolute Gasteiger partial charge is 0.492 e. The molecule has 2 aromatic carbocycles. The molecule has 2 N–H and O–H groups in total. The zero-order valence-electron chi connectivity index (χ0n) is 14.8. The van der Waals surface area contributed by atoms with Crippen molar-refractivity contribution in [2.24, 2.45) is 0 Å². The smallest absolute Gasteiger partial charge is 0.251 e. The lowest BCUT2D eigenvalue weighted by atomic mass is 10.1. The van der Waals surface area contributed by atoms with Gasteiger partial charge < -0.3 is 10.1 Å². The number of amides is 1. The minimum absolute atomic E-state index is 0.260. The first-order valence-electron chi connectivity index (χ1n) is 7.91. The normalized spacial score (nSPS) is 11.1. The molecule has 2 aromatic rings. The lowest BCUT2D eigenvalue weighted by Crippen LogP contribution is -2.28. The predicted octanol–water partition coefficient (Wildman–Crippen LogP) is 3.14. The van der Waals surface area contributed by atoms with Crippen LogP contribution in [0, 0.1) is 13.8 Å². The molecule has 0 radical (unpaired) electrons. The summed E-state index contributed by atoms with van der Waals surface area (Å²) in [6, 6.07) is 10.2. The molecule has 0 saturated carbocycles. The monoisotopic (exact) mass is 396 g/mol.